The van der Waals surface area contributed by atoms with Crippen molar-refractivity contribution in [2.24, 2.45) is 10.2 Å². The maximum Gasteiger partial charge on any atom is 0.296 e. The number of hydrogen-bond acceptors (Lipinski definition) is 12. The van der Waals surface area contributed by atoms with Crippen LogP contribution in [0.4, 0.5) is 23.0 Å². The first-order valence-corrected chi connectivity index (χ1v) is 16.9. The Hall–Kier alpha value is -3.95. The van der Waals surface area contributed by atoms with Gasteiger partial charge in [0.25, 0.3) is 20.2 Å². The summed E-state index contributed by atoms with van der Waals surface area (Å²) in [5.41, 5.74) is -0.140. The lowest BCUT2D eigenvalue weighted by atomic mass is 10.1. The molecule has 17 heteroatoms. The van der Waals surface area contributed by atoms with E-state index in [0.29, 0.717) is 12.6 Å². The predicted molar refractivity (Wildman–Crippen MR) is 157 cm³/mol. The highest BCUT2D eigenvalue weighted by Gasteiger charge is 2.26. The quantitative estimate of drug-likeness (QED) is 0.115. The van der Waals surface area contributed by atoms with Crippen molar-refractivity contribution < 1.29 is 34.4 Å². The number of nitrogens with zero attached hydrogens (tertiary/aromatic N) is 4. The van der Waals surface area contributed by atoms with Gasteiger partial charge in [-0.25, -0.2) is 13.4 Å². The molecule has 0 fully saturated rings. The van der Waals surface area contributed by atoms with E-state index in [1.54, 1.807) is 0 Å². The van der Waals surface area contributed by atoms with Crippen LogP contribution >= 0.6 is 0 Å². The van der Waals surface area contributed by atoms with Gasteiger partial charge in [-0.15, -0.1) is 10.2 Å². The zero-order chi connectivity index (χ0) is 31.3. The molecule has 0 amide bonds. The second kappa shape index (κ2) is 12.9. The summed E-state index contributed by atoms with van der Waals surface area (Å²) in [6, 6.07) is 8.12. The Bertz CT molecular complexity index is 1930. The number of nitrogens with one attached hydrogen (secondary N) is 2. The molecule has 1 aromatic heterocycles. The third-order valence-electron chi connectivity index (χ3n) is 6.03. The second-order valence-electron chi connectivity index (χ2n) is 8.93. The molecule has 0 saturated carbocycles. The number of azo groups is 1. The van der Waals surface area contributed by atoms with Gasteiger partial charge in [0.05, 0.1) is 11.3 Å². The molecule has 14 nitrogen and oxygen atoms in total. The second-order valence-corrected chi connectivity index (χ2v) is 13.8. The number of rotatable bonds is 13. The Morgan fingerprint density at radius 1 is 0.952 bits per heavy atom. The standard InChI is InChI=1S/C25H28N6O8S3/c1-4-6-11-27-24-19(15-26)16(3)22(25(29-24)28-12-13-40(32,33)5-2)30-31-23-18-10-8-7-9-17(18)20(41(34,35)36)14-21(23)42(37,38)39/h5,7-10,14H,2,4,6,11-13H2,1,3H3,(H2,27,28,29)(H,34,35,36)(H,37,38,39)/b31-30+. The lowest BCUT2D eigenvalue weighted by Gasteiger charge is -2.16. The van der Waals surface area contributed by atoms with Crippen molar-refractivity contribution in [2.45, 2.75) is 36.5 Å². The molecular weight excluding hydrogens is 609 g/mol. The molecule has 0 atom stereocenters. The molecule has 3 aromatic rings. The van der Waals surface area contributed by atoms with Gasteiger partial charge in [0.2, 0.25) is 0 Å². The van der Waals surface area contributed by atoms with Gasteiger partial charge in [-0.1, -0.05) is 44.2 Å². The number of hydrogen-bond donors (Lipinski definition) is 4. The molecule has 1 heterocycles. The van der Waals surface area contributed by atoms with E-state index in [1.807, 2.05) is 13.0 Å². The average Bonchev–Trinajstić information content (AvgIpc) is 2.91. The minimum atomic E-state index is -5.10. The highest BCUT2D eigenvalue weighted by atomic mass is 32.2. The van der Waals surface area contributed by atoms with Crippen molar-refractivity contribution in [2.75, 3.05) is 29.5 Å². The minimum Gasteiger partial charge on any atom is -0.369 e. The number of anilines is 2. The summed E-state index contributed by atoms with van der Waals surface area (Å²) in [4.78, 5) is 2.69. The molecule has 42 heavy (non-hydrogen) atoms. The summed E-state index contributed by atoms with van der Waals surface area (Å²) in [6.07, 6.45) is 1.64. The van der Waals surface area contributed by atoms with Crippen LogP contribution in [0.2, 0.25) is 0 Å². The number of unbranched alkanes of at least 4 members (excludes halogenated alkanes) is 1. The van der Waals surface area contributed by atoms with Crippen molar-refractivity contribution in [3.63, 3.8) is 0 Å². The number of fused-ring (bicyclic) bond motifs is 1. The Morgan fingerprint density at radius 2 is 1.55 bits per heavy atom. The minimum absolute atomic E-state index is 0.0146. The highest BCUT2D eigenvalue weighted by Crippen LogP contribution is 2.40. The first-order valence-electron chi connectivity index (χ1n) is 12.3. The largest absolute Gasteiger partial charge is 0.369 e. The number of nitriles is 1. The summed E-state index contributed by atoms with van der Waals surface area (Å²) in [7, 11) is -13.6. The first-order chi connectivity index (χ1) is 19.6. The van der Waals surface area contributed by atoms with Crippen LogP contribution in [0.1, 0.15) is 30.9 Å². The third kappa shape index (κ3) is 7.46. The molecule has 2 aromatic carbocycles. The van der Waals surface area contributed by atoms with E-state index >= 15 is 0 Å². The van der Waals surface area contributed by atoms with Crippen LogP contribution in [0.5, 0.6) is 0 Å². The smallest absolute Gasteiger partial charge is 0.296 e. The number of benzene rings is 2. The fourth-order valence-corrected chi connectivity index (χ4v) is 5.91. The summed E-state index contributed by atoms with van der Waals surface area (Å²) in [6.45, 7) is 7.15. The van der Waals surface area contributed by atoms with Crippen molar-refractivity contribution in [3.8, 4) is 6.07 Å². The zero-order valence-electron chi connectivity index (χ0n) is 22.6. The summed E-state index contributed by atoms with van der Waals surface area (Å²) in [5, 5.41) is 24.6. The molecule has 0 aliphatic rings. The van der Waals surface area contributed by atoms with Gasteiger partial charge >= 0.3 is 0 Å². The monoisotopic (exact) mass is 636 g/mol. The molecule has 224 valence electrons. The highest BCUT2D eigenvalue weighted by molar-refractivity contribution is 7.94. The molecule has 0 saturated heterocycles. The molecular formula is C25H28N6O8S3. The fraction of sp³-hybridized carbons (Fsp3) is 0.280. The zero-order valence-corrected chi connectivity index (χ0v) is 25.0. The van der Waals surface area contributed by atoms with Gasteiger partial charge in [0, 0.05) is 34.8 Å². The van der Waals surface area contributed by atoms with Crippen LogP contribution in [0, 0.1) is 18.3 Å². The van der Waals surface area contributed by atoms with E-state index in [-0.39, 0.29) is 51.5 Å². The lowest BCUT2D eigenvalue weighted by Crippen LogP contribution is -2.15. The van der Waals surface area contributed by atoms with Crippen molar-refractivity contribution in [1.82, 2.24) is 4.98 Å². The number of sulfone groups is 1. The van der Waals surface area contributed by atoms with Crippen LogP contribution in [0.15, 0.2) is 62.3 Å². The molecule has 0 radical (unpaired) electrons. The molecule has 0 bridgehead atoms. The normalized spacial score (nSPS) is 12.4. The van der Waals surface area contributed by atoms with Gasteiger partial charge in [-0.2, -0.15) is 22.1 Å². The number of aromatic nitrogens is 1. The topological polar surface area (TPSA) is 228 Å². The van der Waals surface area contributed by atoms with Gasteiger partial charge in [-0.3, -0.25) is 9.11 Å². The van der Waals surface area contributed by atoms with Crippen LogP contribution in [0.3, 0.4) is 0 Å². The fourth-order valence-electron chi connectivity index (χ4n) is 3.90. The Kier molecular flexibility index (Phi) is 10.0. The third-order valence-corrected chi connectivity index (χ3v) is 9.07. The Morgan fingerprint density at radius 3 is 2.12 bits per heavy atom. The SMILES string of the molecule is C=CS(=O)(=O)CCNc1nc(NCCCC)c(C#N)c(C)c1/N=N/c1c(S(=O)(=O)O)cc(S(=O)(=O)O)c2ccccc12. The average molecular weight is 637 g/mol. The van der Waals surface area contributed by atoms with Gasteiger partial charge in [-0.05, 0) is 19.4 Å². The maximum atomic E-state index is 12.3. The molecule has 0 spiro atoms. The van der Waals surface area contributed by atoms with Crippen molar-refractivity contribution in [1.29, 1.82) is 5.26 Å². The van der Waals surface area contributed by atoms with E-state index in [2.05, 4.69) is 32.4 Å². The van der Waals surface area contributed by atoms with Gasteiger partial charge in [0.15, 0.2) is 15.7 Å². The van der Waals surface area contributed by atoms with Crippen LogP contribution in [0.25, 0.3) is 10.8 Å². The van der Waals surface area contributed by atoms with E-state index in [0.717, 1.165) is 18.2 Å². The van der Waals surface area contributed by atoms with Gasteiger partial charge in [0.1, 0.15) is 33.1 Å². The Labute approximate surface area is 243 Å². The van der Waals surface area contributed by atoms with Crippen molar-refractivity contribution >= 4 is 63.9 Å². The molecule has 0 aliphatic heterocycles. The first kappa shape index (κ1) is 32.6. The van der Waals surface area contributed by atoms with E-state index in [9.17, 15) is 39.6 Å². The molecule has 3 rings (SSSR count). The lowest BCUT2D eigenvalue weighted by molar-refractivity contribution is 0.482. The van der Waals surface area contributed by atoms with Crippen molar-refractivity contribution in [3.05, 3.63) is 53.4 Å². The van der Waals surface area contributed by atoms with Crippen LogP contribution < -0.4 is 10.6 Å². The maximum absolute atomic E-state index is 12.3. The number of pyridine rings is 1. The van der Waals surface area contributed by atoms with Crippen LogP contribution in [-0.4, -0.2) is 58.2 Å². The van der Waals surface area contributed by atoms with Crippen LogP contribution in [-0.2, 0) is 30.1 Å². The van der Waals surface area contributed by atoms with E-state index < -0.39 is 45.6 Å². The van der Waals surface area contributed by atoms with Gasteiger partial charge < -0.3 is 10.6 Å². The van der Waals surface area contributed by atoms with E-state index in [4.69, 9.17) is 0 Å². The molecule has 0 aliphatic carbocycles. The molecule has 4 N–H and O–H groups in total. The summed E-state index contributed by atoms with van der Waals surface area (Å²) < 4.78 is 92.1. The molecule has 0 unspecified atom stereocenters. The Balaban J connectivity index is 2.29. The summed E-state index contributed by atoms with van der Waals surface area (Å²) >= 11 is 0. The van der Waals surface area contributed by atoms with E-state index in [1.165, 1.54) is 31.2 Å². The predicted octanol–water partition coefficient (Wildman–Crippen LogP) is 4.51. The summed E-state index contributed by atoms with van der Waals surface area (Å²) in [5.74, 6) is -0.125.